The summed E-state index contributed by atoms with van der Waals surface area (Å²) in [5, 5.41) is 2.13. The maximum absolute atomic E-state index is 10.5. The van der Waals surface area contributed by atoms with E-state index >= 15 is 0 Å². The molecular weight excluding hydrogens is 200 g/mol. The summed E-state index contributed by atoms with van der Waals surface area (Å²) in [6, 6.07) is -0.484. The van der Waals surface area contributed by atoms with Crippen LogP contribution in [-0.2, 0) is 9.59 Å². The Hall–Kier alpha value is -0.420. The molecule has 0 aromatic rings. The topological polar surface area (TPSA) is 72.2 Å². The lowest BCUT2D eigenvalue weighted by Crippen LogP contribution is -2.48. The predicted molar refractivity (Wildman–Crippen MR) is 40.7 cm³/mol. The molecule has 4 nitrogen and oxygen atoms in total. The zero-order chi connectivity index (χ0) is 6.85. The molecule has 1 heterocycles. The van der Waals surface area contributed by atoms with Gasteiger partial charge in [0.25, 0.3) is 0 Å². The zero-order valence-corrected chi connectivity index (χ0v) is 7.01. The molecule has 2 amide bonds. The van der Waals surface area contributed by atoms with Crippen molar-refractivity contribution in [2.24, 2.45) is 5.73 Å². The molecule has 0 spiro atoms. The van der Waals surface area contributed by atoms with Crippen LogP contribution >= 0.6 is 17.0 Å². The van der Waals surface area contributed by atoms with E-state index in [2.05, 4.69) is 5.32 Å². The Labute approximate surface area is 68.9 Å². The number of imide groups is 1. The third kappa shape index (κ3) is 2.07. The highest BCUT2D eigenvalue weighted by Gasteiger charge is 2.22. The molecule has 1 aliphatic heterocycles. The second-order valence-electron chi connectivity index (χ2n) is 2.06. The van der Waals surface area contributed by atoms with Crippen LogP contribution in [0.5, 0.6) is 0 Å². The second kappa shape index (κ2) is 3.68. The maximum Gasteiger partial charge on any atom is 0.243 e. The summed E-state index contributed by atoms with van der Waals surface area (Å²) in [4.78, 5) is 21.0. The lowest BCUT2D eigenvalue weighted by Gasteiger charge is -2.15. The number of rotatable bonds is 0. The summed E-state index contributed by atoms with van der Waals surface area (Å²) in [5.74, 6) is -0.576. The van der Waals surface area contributed by atoms with Gasteiger partial charge >= 0.3 is 0 Å². The molecule has 1 fully saturated rings. The SMILES string of the molecule is Br.NC1CCC(=O)NC1=O. The number of hydrogen-bond acceptors (Lipinski definition) is 3. The molecule has 0 aromatic heterocycles. The van der Waals surface area contributed by atoms with Gasteiger partial charge in [0.2, 0.25) is 11.8 Å². The summed E-state index contributed by atoms with van der Waals surface area (Å²) in [7, 11) is 0. The minimum Gasteiger partial charge on any atom is -0.320 e. The van der Waals surface area contributed by atoms with Gasteiger partial charge < -0.3 is 5.73 Å². The molecule has 58 valence electrons. The quantitative estimate of drug-likeness (QED) is 0.519. The van der Waals surface area contributed by atoms with Gasteiger partial charge in [-0.1, -0.05) is 0 Å². The van der Waals surface area contributed by atoms with Crippen LogP contribution in [0.4, 0.5) is 0 Å². The average Bonchev–Trinajstić information content (AvgIpc) is 1.80. The molecule has 0 bridgehead atoms. The first-order valence-corrected chi connectivity index (χ1v) is 2.79. The van der Waals surface area contributed by atoms with Crippen molar-refractivity contribution < 1.29 is 9.59 Å². The first-order chi connectivity index (χ1) is 4.20. The van der Waals surface area contributed by atoms with Gasteiger partial charge in [-0.05, 0) is 6.42 Å². The van der Waals surface area contributed by atoms with Gasteiger partial charge in [0.05, 0.1) is 6.04 Å². The predicted octanol–water partition coefficient (Wildman–Crippen LogP) is -0.672. The molecule has 0 saturated carbocycles. The molecule has 0 radical (unpaired) electrons. The summed E-state index contributed by atoms with van der Waals surface area (Å²) in [6.45, 7) is 0. The van der Waals surface area contributed by atoms with Crippen LogP contribution in [0.2, 0.25) is 0 Å². The smallest absolute Gasteiger partial charge is 0.243 e. The fourth-order valence-corrected chi connectivity index (χ4v) is 0.710. The van der Waals surface area contributed by atoms with Crippen LogP contribution in [0.3, 0.4) is 0 Å². The molecule has 0 aromatic carbocycles. The third-order valence-corrected chi connectivity index (χ3v) is 1.28. The Bertz CT molecular complexity index is 160. The number of carbonyl (C=O) groups is 2. The van der Waals surface area contributed by atoms with Crippen LogP contribution in [0.15, 0.2) is 0 Å². The van der Waals surface area contributed by atoms with E-state index in [9.17, 15) is 9.59 Å². The van der Waals surface area contributed by atoms with E-state index in [-0.39, 0.29) is 28.8 Å². The fourth-order valence-electron chi connectivity index (χ4n) is 0.710. The third-order valence-electron chi connectivity index (χ3n) is 1.28. The zero-order valence-electron chi connectivity index (χ0n) is 5.29. The molecule has 3 N–H and O–H groups in total. The van der Waals surface area contributed by atoms with Crippen molar-refractivity contribution in [2.75, 3.05) is 0 Å². The fraction of sp³-hybridized carbons (Fsp3) is 0.600. The first kappa shape index (κ1) is 9.58. The summed E-state index contributed by atoms with van der Waals surface area (Å²) in [6.07, 6.45) is 0.845. The lowest BCUT2D eigenvalue weighted by molar-refractivity contribution is -0.134. The van der Waals surface area contributed by atoms with Gasteiger partial charge in [0, 0.05) is 6.42 Å². The monoisotopic (exact) mass is 208 g/mol. The van der Waals surface area contributed by atoms with Crippen molar-refractivity contribution in [1.29, 1.82) is 0 Å². The first-order valence-electron chi connectivity index (χ1n) is 2.79. The number of nitrogens with two attached hydrogens (primary N) is 1. The normalized spacial score (nSPS) is 25.1. The van der Waals surface area contributed by atoms with Crippen LogP contribution < -0.4 is 11.1 Å². The number of piperidine rings is 1. The van der Waals surface area contributed by atoms with E-state index in [1.165, 1.54) is 0 Å². The van der Waals surface area contributed by atoms with E-state index < -0.39 is 6.04 Å². The maximum atomic E-state index is 10.5. The van der Waals surface area contributed by atoms with Crippen molar-refractivity contribution >= 4 is 28.8 Å². The van der Waals surface area contributed by atoms with Crippen LogP contribution in [0, 0.1) is 0 Å². The summed E-state index contributed by atoms with van der Waals surface area (Å²) >= 11 is 0. The van der Waals surface area contributed by atoms with E-state index in [0.29, 0.717) is 12.8 Å². The van der Waals surface area contributed by atoms with Gasteiger partial charge in [-0.3, -0.25) is 14.9 Å². The molecule has 5 heteroatoms. The van der Waals surface area contributed by atoms with E-state index in [4.69, 9.17) is 5.73 Å². The largest absolute Gasteiger partial charge is 0.320 e. The Balaban J connectivity index is 0.000000810. The molecule has 1 atom stereocenters. The van der Waals surface area contributed by atoms with Gasteiger partial charge in [-0.25, -0.2) is 0 Å². The Kier molecular flexibility index (Phi) is 3.52. The number of hydrogen-bond donors (Lipinski definition) is 2. The molecule has 1 rings (SSSR count). The summed E-state index contributed by atoms with van der Waals surface area (Å²) < 4.78 is 0. The van der Waals surface area contributed by atoms with Gasteiger partial charge in [-0.2, -0.15) is 0 Å². The summed E-state index contributed by atoms with van der Waals surface area (Å²) in [5.41, 5.74) is 5.28. The van der Waals surface area contributed by atoms with Gasteiger partial charge in [0.1, 0.15) is 0 Å². The van der Waals surface area contributed by atoms with Crippen molar-refractivity contribution in [3.8, 4) is 0 Å². The Morgan fingerprint density at radius 1 is 1.50 bits per heavy atom. The highest BCUT2D eigenvalue weighted by Crippen LogP contribution is 2.00. The molecular formula is C5H9BrN2O2. The molecule has 1 unspecified atom stereocenters. The molecule has 0 aliphatic carbocycles. The second-order valence-corrected chi connectivity index (χ2v) is 2.06. The number of halogens is 1. The van der Waals surface area contributed by atoms with E-state index in [0.717, 1.165) is 0 Å². The van der Waals surface area contributed by atoms with Crippen molar-refractivity contribution in [3.63, 3.8) is 0 Å². The minimum atomic E-state index is -0.484. The number of amides is 2. The highest BCUT2D eigenvalue weighted by molar-refractivity contribution is 8.93. The molecule has 10 heavy (non-hydrogen) atoms. The van der Waals surface area contributed by atoms with Crippen LogP contribution in [0.25, 0.3) is 0 Å². The van der Waals surface area contributed by atoms with E-state index in [1.807, 2.05) is 0 Å². The lowest BCUT2D eigenvalue weighted by atomic mass is 10.1. The van der Waals surface area contributed by atoms with Crippen molar-refractivity contribution in [2.45, 2.75) is 18.9 Å². The molecule has 1 saturated heterocycles. The highest BCUT2D eigenvalue weighted by atomic mass is 79.9. The number of carbonyl (C=O) groups excluding carboxylic acids is 2. The van der Waals surface area contributed by atoms with Crippen molar-refractivity contribution in [3.05, 3.63) is 0 Å². The Morgan fingerprint density at radius 2 is 2.10 bits per heavy atom. The average molecular weight is 209 g/mol. The van der Waals surface area contributed by atoms with Gasteiger partial charge in [-0.15, -0.1) is 17.0 Å². The Morgan fingerprint density at radius 3 is 2.50 bits per heavy atom. The minimum absolute atomic E-state index is 0. The van der Waals surface area contributed by atoms with Crippen LogP contribution in [0.1, 0.15) is 12.8 Å². The van der Waals surface area contributed by atoms with E-state index in [1.54, 1.807) is 0 Å². The van der Waals surface area contributed by atoms with Crippen LogP contribution in [-0.4, -0.2) is 17.9 Å². The van der Waals surface area contributed by atoms with Crippen molar-refractivity contribution in [1.82, 2.24) is 5.32 Å². The molecule has 1 aliphatic rings. The number of nitrogens with one attached hydrogen (secondary N) is 1. The van der Waals surface area contributed by atoms with Gasteiger partial charge in [0.15, 0.2) is 0 Å². The standard InChI is InChI=1S/C5H8N2O2.BrH/c6-3-1-2-4(8)7-5(3)9;/h3H,1-2,6H2,(H,7,8,9);1H.